The van der Waals surface area contributed by atoms with Crippen molar-refractivity contribution in [2.45, 2.75) is 64.9 Å². The highest BCUT2D eigenvalue weighted by molar-refractivity contribution is 5.71. The van der Waals surface area contributed by atoms with Crippen molar-refractivity contribution in [3.05, 3.63) is 48.1 Å². The molecule has 1 atom stereocenters. The first-order valence-electron chi connectivity index (χ1n) is 10.1. The second-order valence-electron chi connectivity index (χ2n) is 6.50. The Morgan fingerprint density at radius 1 is 1.07 bits per heavy atom. The van der Waals surface area contributed by atoms with Gasteiger partial charge < -0.3 is 14.6 Å². The van der Waals surface area contributed by atoms with Crippen molar-refractivity contribution in [1.82, 2.24) is 0 Å². The van der Waals surface area contributed by atoms with Crippen molar-refractivity contribution in [3.63, 3.8) is 0 Å². The van der Waals surface area contributed by atoms with Crippen LogP contribution in [0.3, 0.4) is 0 Å². The molecule has 0 aliphatic carbocycles. The highest BCUT2D eigenvalue weighted by Crippen LogP contribution is 2.19. The Morgan fingerprint density at radius 3 is 2.59 bits per heavy atom. The SMILES string of the molecule is CCCCCCCCC(O)/C=C/C=C/c1ccccc1OCC(=O)OCC. The van der Waals surface area contributed by atoms with E-state index < -0.39 is 6.10 Å². The molecule has 0 saturated carbocycles. The Kier molecular flexibility index (Phi) is 12.8. The van der Waals surface area contributed by atoms with Gasteiger partial charge in [0.2, 0.25) is 0 Å². The summed E-state index contributed by atoms with van der Waals surface area (Å²) in [7, 11) is 0. The van der Waals surface area contributed by atoms with E-state index in [4.69, 9.17) is 9.47 Å². The number of ether oxygens (including phenoxy) is 2. The average molecular weight is 375 g/mol. The molecule has 0 amide bonds. The van der Waals surface area contributed by atoms with E-state index in [-0.39, 0.29) is 12.6 Å². The number of carbonyl (C=O) groups excluding carboxylic acids is 1. The van der Waals surface area contributed by atoms with Gasteiger partial charge in [0.25, 0.3) is 0 Å². The number of hydrogen-bond acceptors (Lipinski definition) is 4. The maximum atomic E-state index is 11.4. The second kappa shape index (κ2) is 15.0. The summed E-state index contributed by atoms with van der Waals surface area (Å²) in [4.78, 5) is 11.4. The van der Waals surface area contributed by atoms with Crippen LogP contribution in [-0.4, -0.2) is 30.4 Å². The molecular formula is C23H34O4. The number of rotatable bonds is 14. The molecule has 1 N–H and O–H groups in total. The third kappa shape index (κ3) is 11.3. The summed E-state index contributed by atoms with van der Waals surface area (Å²) in [6.45, 7) is 4.22. The molecule has 150 valence electrons. The Morgan fingerprint density at radius 2 is 1.81 bits per heavy atom. The van der Waals surface area contributed by atoms with Crippen LogP contribution < -0.4 is 4.74 Å². The minimum Gasteiger partial charge on any atom is -0.481 e. The van der Waals surface area contributed by atoms with Crippen molar-refractivity contribution in [2.24, 2.45) is 0 Å². The zero-order valence-corrected chi connectivity index (χ0v) is 16.7. The van der Waals surface area contributed by atoms with E-state index in [2.05, 4.69) is 6.92 Å². The molecule has 1 unspecified atom stereocenters. The quantitative estimate of drug-likeness (QED) is 0.272. The molecule has 0 radical (unpaired) electrons. The van der Waals surface area contributed by atoms with Gasteiger partial charge in [-0.3, -0.25) is 0 Å². The number of hydrogen-bond donors (Lipinski definition) is 1. The summed E-state index contributed by atoms with van der Waals surface area (Å²) in [6.07, 6.45) is 15.2. The van der Waals surface area contributed by atoms with Gasteiger partial charge in [-0.15, -0.1) is 0 Å². The fraction of sp³-hybridized carbons (Fsp3) is 0.522. The van der Waals surface area contributed by atoms with Crippen LogP contribution >= 0.6 is 0 Å². The summed E-state index contributed by atoms with van der Waals surface area (Å²) in [5, 5.41) is 10.0. The van der Waals surface area contributed by atoms with Gasteiger partial charge in [0, 0.05) is 5.56 Å². The van der Waals surface area contributed by atoms with Crippen LogP contribution in [0.2, 0.25) is 0 Å². The summed E-state index contributed by atoms with van der Waals surface area (Å²) in [6, 6.07) is 7.50. The normalized spacial score (nSPS) is 12.6. The van der Waals surface area contributed by atoms with E-state index in [9.17, 15) is 9.90 Å². The lowest BCUT2D eigenvalue weighted by molar-refractivity contribution is -0.145. The number of unbranched alkanes of at least 4 members (excludes halogenated alkanes) is 5. The first kappa shape index (κ1) is 23.0. The van der Waals surface area contributed by atoms with Crippen LogP contribution in [0.4, 0.5) is 0 Å². The summed E-state index contributed by atoms with van der Waals surface area (Å²) in [5.74, 6) is 0.247. The Hall–Kier alpha value is -2.07. The second-order valence-corrected chi connectivity index (χ2v) is 6.50. The Bertz CT molecular complexity index is 577. The van der Waals surface area contributed by atoms with Gasteiger partial charge >= 0.3 is 5.97 Å². The number of carbonyl (C=O) groups is 1. The molecule has 0 heterocycles. The van der Waals surface area contributed by atoms with E-state index in [0.29, 0.717) is 12.4 Å². The predicted molar refractivity (Wildman–Crippen MR) is 111 cm³/mol. The van der Waals surface area contributed by atoms with E-state index >= 15 is 0 Å². The highest BCUT2D eigenvalue weighted by Gasteiger charge is 2.05. The van der Waals surface area contributed by atoms with Crippen LogP contribution in [-0.2, 0) is 9.53 Å². The number of para-hydroxylation sites is 1. The highest BCUT2D eigenvalue weighted by atomic mass is 16.6. The van der Waals surface area contributed by atoms with Crippen LogP contribution in [0.25, 0.3) is 6.08 Å². The summed E-state index contributed by atoms with van der Waals surface area (Å²) in [5.41, 5.74) is 0.872. The topological polar surface area (TPSA) is 55.8 Å². The van der Waals surface area contributed by atoms with Crippen LogP contribution in [0, 0.1) is 0 Å². The number of aliphatic hydroxyl groups is 1. The summed E-state index contributed by atoms with van der Waals surface area (Å²) < 4.78 is 10.4. The van der Waals surface area contributed by atoms with E-state index in [1.54, 1.807) is 6.92 Å². The molecule has 1 aromatic carbocycles. The largest absolute Gasteiger partial charge is 0.481 e. The van der Waals surface area contributed by atoms with Gasteiger partial charge in [-0.05, 0) is 19.4 Å². The molecule has 4 heteroatoms. The van der Waals surface area contributed by atoms with Gasteiger partial charge in [0.05, 0.1) is 12.7 Å². The third-order valence-electron chi connectivity index (χ3n) is 4.14. The van der Waals surface area contributed by atoms with Crippen molar-refractivity contribution in [3.8, 4) is 5.75 Å². The molecule has 0 fully saturated rings. The van der Waals surface area contributed by atoms with Gasteiger partial charge in [0.15, 0.2) is 6.61 Å². The molecule has 0 saturated heterocycles. The van der Waals surface area contributed by atoms with E-state index in [1.165, 1.54) is 32.1 Å². The van der Waals surface area contributed by atoms with Crippen molar-refractivity contribution in [1.29, 1.82) is 0 Å². The van der Waals surface area contributed by atoms with E-state index in [0.717, 1.165) is 18.4 Å². The lowest BCUT2D eigenvalue weighted by atomic mass is 10.1. The number of esters is 1. The zero-order valence-electron chi connectivity index (χ0n) is 16.7. The molecule has 1 aromatic rings. The zero-order chi connectivity index (χ0) is 19.7. The Balaban J connectivity index is 2.38. The minimum atomic E-state index is -0.406. The first-order chi connectivity index (χ1) is 13.2. The first-order valence-corrected chi connectivity index (χ1v) is 10.1. The fourth-order valence-electron chi connectivity index (χ4n) is 2.67. The molecule has 4 nitrogen and oxygen atoms in total. The number of aliphatic hydroxyl groups excluding tert-OH is 1. The third-order valence-corrected chi connectivity index (χ3v) is 4.14. The van der Waals surface area contributed by atoms with Gasteiger partial charge in [0.1, 0.15) is 5.75 Å². The standard InChI is InChI=1S/C23H34O4/c1-3-5-6-7-8-9-16-21(24)17-12-10-14-20-15-11-13-18-22(20)27-19-23(25)26-4-2/h10-15,17-18,21,24H,3-9,16,19H2,1-2H3/b14-10+,17-12+. The summed E-state index contributed by atoms with van der Waals surface area (Å²) >= 11 is 0. The van der Waals surface area contributed by atoms with Gasteiger partial charge in [-0.25, -0.2) is 4.79 Å². The monoisotopic (exact) mass is 374 g/mol. The molecule has 0 aliphatic rings. The maximum absolute atomic E-state index is 11.4. The van der Waals surface area contributed by atoms with E-state index in [1.807, 2.05) is 48.6 Å². The molecule has 27 heavy (non-hydrogen) atoms. The maximum Gasteiger partial charge on any atom is 0.344 e. The number of allylic oxidation sites excluding steroid dienone is 2. The smallest absolute Gasteiger partial charge is 0.344 e. The van der Waals surface area contributed by atoms with Crippen molar-refractivity contribution < 1.29 is 19.4 Å². The average Bonchev–Trinajstić information content (AvgIpc) is 2.67. The number of benzene rings is 1. The lowest BCUT2D eigenvalue weighted by Crippen LogP contribution is -2.14. The molecule has 0 aromatic heterocycles. The predicted octanol–water partition coefficient (Wildman–Crippen LogP) is 5.31. The van der Waals surface area contributed by atoms with Gasteiger partial charge in [-0.1, -0.05) is 88.0 Å². The van der Waals surface area contributed by atoms with Crippen molar-refractivity contribution in [2.75, 3.05) is 13.2 Å². The molecule has 0 bridgehead atoms. The van der Waals surface area contributed by atoms with Crippen LogP contribution in [0.5, 0.6) is 5.75 Å². The van der Waals surface area contributed by atoms with Crippen LogP contribution in [0.1, 0.15) is 64.4 Å². The Labute approximate surface area is 163 Å². The van der Waals surface area contributed by atoms with Crippen LogP contribution in [0.15, 0.2) is 42.5 Å². The molecule has 1 rings (SSSR count). The molecule has 0 spiro atoms. The molecular weight excluding hydrogens is 340 g/mol. The lowest BCUT2D eigenvalue weighted by Gasteiger charge is -2.08. The fourth-order valence-corrected chi connectivity index (χ4v) is 2.67. The minimum absolute atomic E-state index is 0.106. The molecule has 0 aliphatic heterocycles. The van der Waals surface area contributed by atoms with Crippen molar-refractivity contribution >= 4 is 12.0 Å². The van der Waals surface area contributed by atoms with Gasteiger partial charge in [-0.2, -0.15) is 0 Å².